The normalized spacial score (nSPS) is 9.62. The zero-order valence-corrected chi connectivity index (χ0v) is 9.97. The lowest BCUT2D eigenvalue weighted by Gasteiger charge is -2.09. The minimum absolute atomic E-state index is 0.168. The average molecular weight is 238 g/mol. The lowest BCUT2D eigenvalue weighted by atomic mass is 9.98. The maximum absolute atomic E-state index is 11.2. The molecule has 0 aromatic heterocycles. The zero-order valence-electron chi connectivity index (χ0n) is 9.21. The summed E-state index contributed by atoms with van der Waals surface area (Å²) in [6, 6.07) is 5.49. The number of alkyl halides is 1. The van der Waals surface area contributed by atoms with Crippen molar-refractivity contribution in [2.24, 2.45) is 0 Å². The molecule has 0 saturated carbocycles. The Morgan fingerprint density at radius 2 is 2.12 bits per heavy atom. The van der Waals surface area contributed by atoms with E-state index in [2.05, 4.69) is 4.74 Å². The maximum atomic E-state index is 11.2. The van der Waals surface area contributed by atoms with Gasteiger partial charge in [0.1, 0.15) is 0 Å². The first-order valence-corrected chi connectivity index (χ1v) is 5.31. The molecule has 0 bridgehead atoms. The van der Waals surface area contributed by atoms with Crippen LogP contribution in [0.4, 0.5) is 0 Å². The third-order valence-corrected chi connectivity index (χ3v) is 2.75. The molecule has 1 aromatic rings. The Morgan fingerprint density at radius 3 is 2.62 bits per heavy atom. The van der Waals surface area contributed by atoms with E-state index in [1.807, 2.05) is 13.0 Å². The quantitative estimate of drug-likeness (QED) is 0.599. The molecule has 1 aromatic carbocycles. The van der Waals surface area contributed by atoms with Gasteiger partial charge in [0.05, 0.1) is 25.2 Å². The number of esters is 1. The molecule has 4 heteroatoms. The Hall–Kier alpha value is -1.53. The Labute approximate surface area is 99.6 Å². The molecule has 3 nitrogen and oxygen atoms in total. The van der Waals surface area contributed by atoms with Gasteiger partial charge in [0.2, 0.25) is 0 Å². The van der Waals surface area contributed by atoms with Crippen LogP contribution in [0.2, 0.25) is 0 Å². The van der Waals surface area contributed by atoms with E-state index in [0.29, 0.717) is 11.4 Å². The van der Waals surface area contributed by atoms with Crippen LogP contribution in [0.25, 0.3) is 0 Å². The Morgan fingerprint density at radius 1 is 1.50 bits per heavy atom. The van der Waals surface area contributed by atoms with E-state index in [1.54, 1.807) is 12.1 Å². The van der Waals surface area contributed by atoms with Crippen LogP contribution in [-0.4, -0.2) is 13.1 Å². The highest BCUT2D eigenvalue weighted by molar-refractivity contribution is 6.17. The summed E-state index contributed by atoms with van der Waals surface area (Å²) in [5.41, 5.74) is 3.13. The smallest absolute Gasteiger partial charge is 0.309 e. The molecule has 84 valence electrons. The fourth-order valence-electron chi connectivity index (χ4n) is 1.45. The van der Waals surface area contributed by atoms with E-state index in [9.17, 15) is 4.79 Å². The van der Waals surface area contributed by atoms with Gasteiger partial charge >= 0.3 is 5.97 Å². The molecule has 0 aliphatic rings. The standard InChI is InChI=1S/C12H12ClNO2/c1-8-10(5-12(15)16-2)3-9(7-14)4-11(8)6-13/h3-4H,5-6H2,1-2H3. The summed E-state index contributed by atoms with van der Waals surface area (Å²) in [5, 5.41) is 8.85. The summed E-state index contributed by atoms with van der Waals surface area (Å²) in [6.07, 6.45) is 0.168. The molecule has 0 aliphatic carbocycles. The van der Waals surface area contributed by atoms with E-state index in [1.165, 1.54) is 7.11 Å². The summed E-state index contributed by atoms with van der Waals surface area (Å²) in [4.78, 5) is 11.2. The summed E-state index contributed by atoms with van der Waals surface area (Å²) >= 11 is 5.78. The molecule has 0 heterocycles. The largest absolute Gasteiger partial charge is 0.469 e. The van der Waals surface area contributed by atoms with Gasteiger partial charge in [0.15, 0.2) is 0 Å². The van der Waals surface area contributed by atoms with Gasteiger partial charge < -0.3 is 4.74 Å². The highest BCUT2D eigenvalue weighted by atomic mass is 35.5. The Kier molecular flexibility index (Phi) is 4.33. The predicted octanol–water partition coefficient (Wildman–Crippen LogP) is 2.32. The monoisotopic (exact) mass is 237 g/mol. The topological polar surface area (TPSA) is 50.1 Å². The number of rotatable bonds is 3. The van der Waals surface area contributed by atoms with Crippen LogP contribution in [0.1, 0.15) is 22.3 Å². The number of ether oxygens (including phenoxy) is 1. The van der Waals surface area contributed by atoms with Crippen LogP contribution in [0.3, 0.4) is 0 Å². The molecule has 0 N–H and O–H groups in total. The maximum Gasteiger partial charge on any atom is 0.309 e. The van der Waals surface area contributed by atoms with Crippen LogP contribution in [0.5, 0.6) is 0 Å². The SMILES string of the molecule is COC(=O)Cc1cc(C#N)cc(CCl)c1C. The molecular weight excluding hydrogens is 226 g/mol. The Bertz CT molecular complexity index is 449. The van der Waals surface area contributed by atoms with Gasteiger partial charge in [-0.15, -0.1) is 11.6 Å². The molecule has 0 saturated heterocycles. The first kappa shape index (κ1) is 12.5. The third-order valence-electron chi connectivity index (χ3n) is 2.46. The number of carbonyl (C=O) groups excluding carboxylic acids is 1. The molecule has 0 aliphatic heterocycles. The molecule has 0 amide bonds. The van der Waals surface area contributed by atoms with Crippen LogP contribution in [0.15, 0.2) is 12.1 Å². The minimum atomic E-state index is -0.321. The van der Waals surface area contributed by atoms with Crippen LogP contribution >= 0.6 is 11.6 Å². The molecule has 0 spiro atoms. The van der Waals surface area contributed by atoms with Crippen molar-refractivity contribution in [3.8, 4) is 6.07 Å². The van der Waals surface area contributed by atoms with Gasteiger partial charge in [-0.25, -0.2) is 0 Å². The number of methoxy groups -OCH3 is 1. The van der Waals surface area contributed by atoms with Gasteiger partial charge in [0.25, 0.3) is 0 Å². The molecule has 0 atom stereocenters. The van der Waals surface area contributed by atoms with Crippen molar-refractivity contribution < 1.29 is 9.53 Å². The van der Waals surface area contributed by atoms with Crippen molar-refractivity contribution in [1.29, 1.82) is 5.26 Å². The van der Waals surface area contributed by atoms with Gasteiger partial charge in [0, 0.05) is 5.88 Å². The van der Waals surface area contributed by atoms with Crippen molar-refractivity contribution in [2.45, 2.75) is 19.2 Å². The second-order valence-electron chi connectivity index (χ2n) is 3.42. The number of hydrogen-bond donors (Lipinski definition) is 0. The molecule has 0 fully saturated rings. The molecule has 1 rings (SSSR count). The Balaban J connectivity index is 3.17. The molecular formula is C12H12ClNO2. The second-order valence-corrected chi connectivity index (χ2v) is 3.69. The number of benzene rings is 1. The number of halogens is 1. The fraction of sp³-hybridized carbons (Fsp3) is 0.333. The van der Waals surface area contributed by atoms with E-state index in [4.69, 9.17) is 16.9 Å². The van der Waals surface area contributed by atoms with Crippen molar-refractivity contribution in [2.75, 3.05) is 7.11 Å². The van der Waals surface area contributed by atoms with E-state index in [0.717, 1.165) is 16.7 Å². The lowest BCUT2D eigenvalue weighted by Crippen LogP contribution is -2.07. The van der Waals surface area contributed by atoms with Crippen molar-refractivity contribution in [3.05, 3.63) is 34.4 Å². The fourth-order valence-corrected chi connectivity index (χ4v) is 1.73. The van der Waals surface area contributed by atoms with Crippen molar-refractivity contribution >= 4 is 17.6 Å². The summed E-state index contributed by atoms with van der Waals surface area (Å²) in [7, 11) is 1.34. The highest BCUT2D eigenvalue weighted by Crippen LogP contribution is 2.19. The van der Waals surface area contributed by atoms with Crippen LogP contribution in [0, 0.1) is 18.3 Å². The van der Waals surface area contributed by atoms with Gasteiger partial charge in [-0.05, 0) is 35.7 Å². The van der Waals surface area contributed by atoms with Crippen molar-refractivity contribution in [3.63, 3.8) is 0 Å². The zero-order chi connectivity index (χ0) is 12.1. The average Bonchev–Trinajstić information content (AvgIpc) is 2.31. The van der Waals surface area contributed by atoms with Crippen LogP contribution < -0.4 is 0 Å². The van der Waals surface area contributed by atoms with E-state index in [-0.39, 0.29) is 12.4 Å². The van der Waals surface area contributed by atoms with Gasteiger partial charge in [-0.1, -0.05) is 0 Å². The second kappa shape index (κ2) is 5.53. The minimum Gasteiger partial charge on any atom is -0.469 e. The summed E-state index contributed by atoms with van der Waals surface area (Å²) in [5.74, 6) is 0.00826. The number of nitrogens with zero attached hydrogens (tertiary/aromatic N) is 1. The van der Waals surface area contributed by atoms with E-state index >= 15 is 0 Å². The summed E-state index contributed by atoms with van der Waals surface area (Å²) < 4.78 is 4.60. The third kappa shape index (κ3) is 2.74. The number of carbonyl (C=O) groups is 1. The molecule has 0 radical (unpaired) electrons. The van der Waals surface area contributed by atoms with E-state index < -0.39 is 0 Å². The molecule has 0 unspecified atom stereocenters. The van der Waals surface area contributed by atoms with Crippen molar-refractivity contribution in [1.82, 2.24) is 0 Å². The molecule has 16 heavy (non-hydrogen) atoms. The number of hydrogen-bond acceptors (Lipinski definition) is 3. The lowest BCUT2D eigenvalue weighted by molar-refractivity contribution is -0.139. The number of nitriles is 1. The van der Waals surface area contributed by atoms with Crippen LogP contribution in [-0.2, 0) is 21.8 Å². The summed E-state index contributed by atoms with van der Waals surface area (Å²) in [6.45, 7) is 1.89. The van der Waals surface area contributed by atoms with Gasteiger partial charge in [-0.3, -0.25) is 4.79 Å². The van der Waals surface area contributed by atoms with Gasteiger partial charge in [-0.2, -0.15) is 5.26 Å². The first-order chi connectivity index (χ1) is 7.62. The first-order valence-electron chi connectivity index (χ1n) is 4.77. The predicted molar refractivity (Wildman–Crippen MR) is 61.2 cm³/mol. The highest BCUT2D eigenvalue weighted by Gasteiger charge is 2.10.